The van der Waals surface area contributed by atoms with Crippen molar-refractivity contribution in [3.05, 3.63) is 47.7 Å². The molecule has 0 unspecified atom stereocenters. The van der Waals surface area contributed by atoms with Crippen molar-refractivity contribution < 1.29 is 0 Å². The van der Waals surface area contributed by atoms with Crippen LogP contribution in [-0.4, -0.2) is 0 Å². The van der Waals surface area contributed by atoms with Gasteiger partial charge in [-0.15, -0.1) is 0 Å². The molecule has 0 atom stereocenters. The average Bonchev–Trinajstić information content (AvgIpc) is 2.03. The van der Waals surface area contributed by atoms with Crippen LogP contribution in [0, 0.1) is 6.92 Å². The van der Waals surface area contributed by atoms with Gasteiger partial charge in [-0.2, -0.15) is 0 Å². The molecule has 1 heteroatoms. The van der Waals surface area contributed by atoms with Gasteiger partial charge in [0, 0.05) is 5.70 Å². The van der Waals surface area contributed by atoms with Gasteiger partial charge < -0.3 is 5.73 Å². The van der Waals surface area contributed by atoms with Crippen LogP contribution in [0.25, 0.3) is 0 Å². The number of benzene rings is 1. The average molecular weight is 161 g/mol. The summed E-state index contributed by atoms with van der Waals surface area (Å²) in [5.74, 6) is 0. The van der Waals surface area contributed by atoms with Crippen molar-refractivity contribution in [2.75, 3.05) is 0 Å². The van der Waals surface area contributed by atoms with E-state index < -0.39 is 0 Å². The Morgan fingerprint density at radius 3 is 2.42 bits per heavy atom. The highest BCUT2D eigenvalue weighted by Gasteiger charge is 1.92. The van der Waals surface area contributed by atoms with Gasteiger partial charge in [-0.3, -0.25) is 0 Å². The van der Waals surface area contributed by atoms with Gasteiger partial charge in [-0.1, -0.05) is 36.4 Å². The summed E-state index contributed by atoms with van der Waals surface area (Å²) in [6.07, 6.45) is 1.87. The van der Waals surface area contributed by atoms with E-state index in [0.29, 0.717) is 0 Å². The molecular weight excluding hydrogens is 146 g/mol. The molecule has 1 aromatic carbocycles. The molecule has 0 heterocycles. The lowest BCUT2D eigenvalue weighted by Gasteiger charge is -2.00. The van der Waals surface area contributed by atoms with E-state index in [1.165, 1.54) is 11.1 Å². The maximum Gasteiger partial charge on any atom is 0.00108 e. The van der Waals surface area contributed by atoms with Crippen molar-refractivity contribution in [3.63, 3.8) is 0 Å². The summed E-state index contributed by atoms with van der Waals surface area (Å²) in [5.41, 5.74) is 8.86. The van der Waals surface area contributed by atoms with E-state index in [2.05, 4.69) is 37.8 Å². The molecule has 0 amide bonds. The summed E-state index contributed by atoms with van der Waals surface area (Å²) in [6.45, 7) is 5.75. The van der Waals surface area contributed by atoms with Crippen LogP contribution in [0.4, 0.5) is 0 Å². The third-order valence-electron chi connectivity index (χ3n) is 1.86. The molecule has 0 aromatic heterocycles. The van der Waals surface area contributed by atoms with E-state index in [9.17, 15) is 0 Å². The van der Waals surface area contributed by atoms with E-state index >= 15 is 0 Å². The second-order valence-corrected chi connectivity index (χ2v) is 3.14. The SMILES string of the molecule is C=C(N)CCc1ccc(C)cc1. The Hall–Kier alpha value is -1.24. The quantitative estimate of drug-likeness (QED) is 0.723. The number of nitrogens with two attached hydrogens (primary N) is 1. The van der Waals surface area contributed by atoms with E-state index in [0.717, 1.165) is 18.5 Å². The lowest BCUT2D eigenvalue weighted by Crippen LogP contribution is -1.96. The number of aryl methyl sites for hydroxylation is 2. The van der Waals surface area contributed by atoms with Crippen LogP contribution in [0.1, 0.15) is 17.5 Å². The highest BCUT2D eigenvalue weighted by atomic mass is 14.5. The van der Waals surface area contributed by atoms with Gasteiger partial charge in [0.25, 0.3) is 0 Å². The molecule has 2 N–H and O–H groups in total. The van der Waals surface area contributed by atoms with Crippen molar-refractivity contribution in [1.29, 1.82) is 0 Å². The van der Waals surface area contributed by atoms with Crippen LogP contribution in [0.2, 0.25) is 0 Å². The fraction of sp³-hybridized carbons (Fsp3) is 0.273. The van der Waals surface area contributed by atoms with Crippen molar-refractivity contribution in [2.45, 2.75) is 19.8 Å². The van der Waals surface area contributed by atoms with Crippen molar-refractivity contribution in [2.24, 2.45) is 5.73 Å². The zero-order chi connectivity index (χ0) is 8.97. The maximum atomic E-state index is 5.48. The van der Waals surface area contributed by atoms with Crippen molar-refractivity contribution in [3.8, 4) is 0 Å². The molecule has 0 aliphatic carbocycles. The fourth-order valence-electron chi connectivity index (χ4n) is 1.06. The van der Waals surface area contributed by atoms with Crippen LogP contribution >= 0.6 is 0 Å². The predicted molar refractivity (Wildman–Crippen MR) is 52.8 cm³/mol. The Morgan fingerprint density at radius 1 is 1.33 bits per heavy atom. The summed E-state index contributed by atoms with van der Waals surface area (Å²) in [4.78, 5) is 0. The van der Waals surface area contributed by atoms with E-state index in [1.807, 2.05) is 0 Å². The van der Waals surface area contributed by atoms with E-state index in [4.69, 9.17) is 5.73 Å². The van der Waals surface area contributed by atoms with E-state index in [1.54, 1.807) is 0 Å². The van der Waals surface area contributed by atoms with Crippen LogP contribution in [-0.2, 0) is 6.42 Å². The molecule has 0 fully saturated rings. The maximum absolute atomic E-state index is 5.48. The Labute approximate surface area is 73.9 Å². The number of rotatable bonds is 3. The molecule has 0 saturated heterocycles. The highest BCUT2D eigenvalue weighted by molar-refractivity contribution is 5.21. The minimum Gasteiger partial charge on any atom is -0.403 e. The van der Waals surface area contributed by atoms with E-state index in [-0.39, 0.29) is 0 Å². The number of hydrogen-bond acceptors (Lipinski definition) is 1. The van der Waals surface area contributed by atoms with Crippen LogP contribution in [0.3, 0.4) is 0 Å². The van der Waals surface area contributed by atoms with Gasteiger partial charge >= 0.3 is 0 Å². The molecule has 1 aromatic rings. The largest absolute Gasteiger partial charge is 0.403 e. The van der Waals surface area contributed by atoms with Crippen molar-refractivity contribution >= 4 is 0 Å². The zero-order valence-corrected chi connectivity index (χ0v) is 7.51. The monoisotopic (exact) mass is 161 g/mol. The second-order valence-electron chi connectivity index (χ2n) is 3.14. The lowest BCUT2D eigenvalue weighted by atomic mass is 10.1. The van der Waals surface area contributed by atoms with Gasteiger partial charge in [0.05, 0.1) is 0 Å². The molecule has 0 aliphatic rings. The number of allylic oxidation sites excluding steroid dienone is 1. The topological polar surface area (TPSA) is 26.0 Å². The van der Waals surface area contributed by atoms with Gasteiger partial charge in [-0.25, -0.2) is 0 Å². The first-order valence-corrected chi connectivity index (χ1v) is 4.17. The minimum absolute atomic E-state index is 0.760. The summed E-state index contributed by atoms with van der Waals surface area (Å²) in [6, 6.07) is 8.51. The molecule has 0 aliphatic heterocycles. The normalized spacial score (nSPS) is 9.75. The highest BCUT2D eigenvalue weighted by Crippen LogP contribution is 2.06. The Bertz CT molecular complexity index is 259. The third-order valence-corrected chi connectivity index (χ3v) is 1.86. The van der Waals surface area contributed by atoms with Gasteiger partial charge in [-0.05, 0) is 25.3 Å². The molecular formula is C11H15N. The molecule has 0 radical (unpaired) electrons. The predicted octanol–water partition coefficient (Wildman–Crippen LogP) is 2.40. The molecule has 0 bridgehead atoms. The van der Waals surface area contributed by atoms with Crippen LogP contribution in [0.15, 0.2) is 36.5 Å². The first-order chi connectivity index (χ1) is 5.68. The third kappa shape index (κ3) is 2.79. The minimum atomic E-state index is 0.760. The molecule has 0 spiro atoms. The molecule has 64 valence electrons. The Kier molecular flexibility index (Phi) is 2.92. The fourth-order valence-corrected chi connectivity index (χ4v) is 1.06. The van der Waals surface area contributed by atoms with Gasteiger partial charge in [0.2, 0.25) is 0 Å². The molecule has 1 rings (SSSR count). The van der Waals surface area contributed by atoms with Crippen LogP contribution < -0.4 is 5.73 Å². The standard InChI is InChI=1S/C11H15N/c1-9-3-6-11(7-4-9)8-5-10(2)12/h3-4,6-7H,2,5,8,12H2,1H3. The Balaban J connectivity index is 2.53. The number of hydrogen-bond donors (Lipinski definition) is 1. The summed E-state index contributed by atoms with van der Waals surface area (Å²) < 4.78 is 0. The van der Waals surface area contributed by atoms with Crippen molar-refractivity contribution in [1.82, 2.24) is 0 Å². The first-order valence-electron chi connectivity index (χ1n) is 4.17. The smallest absolute Gasteiger partial charge is 0.00108 e. The van der Waals surface area contributed by atoms with Gasteiger partial charge in [0.15, 0.2) is 0 Å². The van der Waals surface area contributed by atoms with Gasteiger partial charge in [0.1, 0.15) is 0 Å². The zero-order valence-electron chi connectivity index (χ0n) is 7.51. The molecule has 12 heavy (non-hydrogen) atoms. The van der Waals surface area contributed by atoms with Crippen LogP contribution in [0.5, 0.6) is 0 Å². The second kappa shape index (κ2) is 3.96. The Morgan fingerprint density at radius 2 is 1.92 bits per heavy atom. The lowest BCUT2D eigenvalue weighted by molar-refractivity contribution is 0.931. The summed E-state index contributed by atoms with van der Waals surface area (Å²) >= 11 is 0. The summed E-state index contributed by atoms with van der Waals surface area (Å²) in [5, 5.41) is 0. The first kappa shape index (κ1) is 8.85. The summed E-state index contributed by atoms with van der Waals surface area (Å²) in [7, 11) is 0. The molecule has 0 saturated carbocycles. The molecule has 1 nitrogen and oxygen atoms in total.